The zero-order valence-electron chi connectivity index (χ0n) is 11.3. The van der Waals surface area contributed by atoms with Crippen LogP contribution >= 0.6 is 0 Å². The molecule has 0 saturated heterocycles. The van der Waals surface area contributed by atoms with Crippen LogP contribution in [0.3, 0.4) is 0 Å². The van der Waals surface area contributed by atoms with Gasteiger partial charge in [-0.1, -0.05) is 6.42 Å². The highest BCUT2D eigenvalue weighted by molar-refractivity contribution is 5.92. The van der Waals surface area contributed by atoms with Gasteiger partial charge in [0.25, 0.3) is 12.3 Å². The molecular weight excluding hydrogens is 266 g/mol. The molecule has 1 aliphatic rings. The van der Waals surface area contributed by atoms with Crippen molar-refractivity contribution in [2.45, 2.75) is 32.2 Å². The number of hydrogen-bond acceptors (Lipinski definition) is 2. The van der Waals surface area contributed by atoms with Gasteiger partial charge in [-0.25, -0.2) is 8.78 Å². The molecule has 2 atom stereocenters. The Morgan fingerprint density at radius 2 is 2.20 bits per heavy atom. The minimum Gasteiger partial charge on any atom is -0.396 e. The molecule has 0 bridgehead atoms. The van der Waals surface area contributed by atoms with Gasteiger partial charge in [0.1, 0.15) is 5.69 Å². The molecule has 112 valence electrons. The number of hydrogen-bond donors (Lipinski definition) is 2. The number of aromatic nitrogens is 1. The van der Waals surface area contributed by atoms with Crippen molar-refractivity contribution in [1.82, 2.24) is 9.88 Å². The number of aliphatic hydroxyl groups is 1. The van der Waals surface area contributed by atoms with Crippen molar-refractivity contribution < 1.29 is 18.7 Å². The number of rotatable bonds is 6. The van der Waals surface area contributed by atoms with Crippen LogP contribution in [0.1, 0.15) is 29.8 Å². The molecule has 1 amide bonds. The SMILES string of the molecule is O=C(NCC1CCCC1CO)c1cccn1CC(F)F. The predicted molar refractivity (Wildman–Crippen MR) is 70.7 cm³/mol. The summed E-state index contributed by atoms with van der Waals surface area (Å²) in [5.74, 6) is 0.185. The van der Waals surface area contributed by atoms with E-state index in [9.17, 15) is 18.7 Å². The first-order chi connectivity index (χ1) is 9.61. The van der Waals surface area contributed by atoms with E-state index in [2.05, 4.69) is 5.32 Å². The molecule has 1 aliphatic carbocycles. The Bertz CT molecular complexity index is 448. The minimum absolute atomic E-state index is 0.141. The molecule has 1 heterocycles. The lowest BCUT2D eigenvalue weighted by Gasteiger charge is -2.18. The van der Waals surface area contributed by atoms with Crippen LogP contribution in [-0.2, 0) is 6.54 Å². The van der Waals surface area contributed by atoms with Gasteiger partial charge >= 0.3 is 0 Å². The van der Waals surface area contributed by atoms with E-state index in [0.717, 1.165) is 19.3 Å². The highest BCUT2D eigenvalue weighted by atomic mass is 19.3. The summed E-state index contributed by atoms with van der Waals surface area (Å²) >= 11 is 0. The first-order valence-corrected chi connectivity index (χ1v) is 6.94. The molecule has 2 N–H and O–H groups in total. The fourth-order valence-electron chi connectivity index (χ4n) is 2.87. The molecule has 0 aromatic carbocycles. The maximum absolute atomic E-state index is 12.4. The molecule has 4 nitrogen and oxygen atoms in total. The second-order valence-corrected chi connectivity index (χ2v) is 5.28. The zero-order valence-corrected chi connectivity index (χ0v) is 11.3. The summed E-state index contributed by atoms with van der Waals surface area (Å²) < 4.78 is 26.0. The molecule has 6 heteroatoms. The quantitative estimate of drug-likeness (QED) is 0.839. The Hall–Kier alpha value is -1.43. The van der Waals surface area contributed by atoms with Crippen LogP contribution in [0, 0.1) is 11.8 Å². The second-order valence-electron chi connectivity index (χ2n) is 5.28. The molecule has 1 saturated carbocycles. The smallest absolute Gasteiger partial charge is 0.267 e. The number of carbonyl (C=O) groups is 1. The minimum atomic E-state index is -2.48. The Labute approximate surface area is 116 Å². The van der Waals surface area contributed by atoms with Gasteiger partial charge in [0.15, 0.2) is 0 Å². The topological polar surface area (TPSA) is 54.3 Å². The van der Waals surface area contributed by atoms with E-state index >= 15 is 0 Å². The van der Waals surface area contributed by atoms with E-state index in [1.165, 1.54) is 16.8 Å². The standard InChI is InChI=1S/C14H20F2N2O2/c15-13(16)8-18-6-2-5-12(18)14(20)17-7-10-3-1-4-11(10)9-19/h2,5-6,10-11,13,19H,1,3-4,7-9H2,(H,17,20). The van der Waals surface area contributed by atoms with Gasteiger partial charge < -0.3 is 15.0 Å². The van der Waals surface area contributed by atoms with Gasteiger partial charge in [-0.15, -0.1) is 0 Å². The molecule has 0 aliphatic heterocycles. The Balaban J connectivity index is 1.90. The van der Waals surface area contributed by atoms with Crippen molar-refractivity contribution in [3.05, 3.63) is 24.0 Å². The fraction of sp³-hybridized carbons (Fsp3) is 0.643. The third kappa shape index (κ3) is 3.56. The van der Waals surface area contributed by atoms with Crippen molar-refractivity contribution in [2.24, 2.45) is 11.8 Å². The maximum Gasteiger partial charge on any atom is 0.267 e. The highest BCUT2D eigenvalue weighted by Crippen LogP contribution is 2.30. The van der Waals surface area contributed by atoms with Crippen LogP contribution in [0.25, 0.3) is 0 Å². The van der Waals surface area contributed by atoms with E-state index in [-0.39, 0.29) is 30.0 Å². The largest absolute Gasteiger partial charge is 0.396 e. The van der Waals surface area contributed by atoms with E-state index < -0.39 is 13.0 Å². The summed E-state index contributed by atoms with van der Waals surface area (Å²) in [6, 6.07) is 3.12. The van der Waals surface area contributed by atoms with Crippen LogP contribution in [0.2, 0.25) is 0 Å². The molecule has 0 spiro atoms. The van der Waals surface area contributed by atoms with Gasteiger partial charge in [0, 0.05) is 19.3 Å². The van der Waals surface area contributed by atoms with Gasteiger partial charge in [-0.3, -0.25) is 4.79 Å². The first kappa shape index (κ1) is 15.0. The predicted octanol–water partition coefficient (Wildman–Crippen LogP) is 1.89. The van der Waals surface area contributed by atoms with Crippen LogP contribution in [0.15, 0.2) is 18.3 Å². The van der Waals surface area contributed by atoms with Crippen LogP contribution < -0.4 is 5.32 Å². The van der Waals surface area contributed by atoms with Gasteiger partial charge in [0.2, 0.25) is 0 Å². The molecule has 1 fully saturated rings. The lowest BCUT2D eigenvalue weighted by atomic mass is 9.97. The van der Waals surface area contributed by atoms with Gasteiger partial charge in [0.05, 0.1) is 6.54 Å². The normalized spacial score (nSPS) is 22.4. The first-order valence-electron chi connectivity index (χ1n) is 6.94. The molecule has 1 aromatic heterocycles. The maximum atomic E-state index is 12.4. The van der Waals surface area contributed by atoms with Gasteiger partial charge in [-0.2, -0.15) is 0 Å². The lowest BCUT2D eigenvalue weighted by molar-refractivity contribution is 0.0915. The summed E-state index contributed by atoms with van der Waals surface area (Å²) in [4.78, 5) is 12.0. The summed E-state index contributed by atoms with van der Waals surface area (Å²) in [5.41, 5.74) is 0.254. The number of amides is 1. The molecular formula is C14H20F2N2O2. The van der Waals surface area contributed by atoms with Crippen molar-refractivity contribution in [3.8, 4) is 0 Å². The van der Waals surface area contributed by atoms with E-state index in [1.54, 1.807) is 6.07 Å². The third-order valence-corrected chi connectivity index (χ3v) is 3.97. The number of aliphatic hydroxyl groups excluding tert-OH is 1. The van der Waals surface area contributed by atoms with Crippen LogP contribution in [0.4, 0.5) is 8.78 Å². The molecule has 1 aromatic rings. The number of nitrogens with one attached hydrogen (secondary N) is 1. The Morgan fingerprint density at radius 1 is 1.45 bits per heavy atom. The summed E-state index contributed by atoms with van der Waals surface area (Å²) in [7, 11) is 0. The Morgan fingerprint density at radius 3 is 2.90 bits per heavy atom. The summed E-state index contributed by atoms with van der Waals surface area (Å²) in [5, 5.41) is 12.0. The highest BCUT2D eigenvalue weighted by Gasteiger charge is 2.27. The van der Waals surface area contributed by atoms with Crippen molar-refractivity contribution in [2.75, 3.05) is 13.2 Å². The van der Waals surface area contributed by atoms with Crippen LogP contribution in [0.5, 0.6) is 0 Å². The van der Waals surface area contributed by atoms with E-state index in [0.29, 0.717) is 6.54 Å². The van der Waals surface area contributed by atoms with E-state index in [4.69, 9.17) is 0 Å². The number of carbonyl (C=O) groups excluding carboxylic acids is 1. The van der Waals surface area contributed by atoms with Crippen LogP contribution in [-0.4, -0.2) is 35.2 Å². The zero-order chi connectivity index (χ0) is 14.5. The second kappa shape index (κ2) is 6.83. The lowest BCUT2D eigenvalue weighted by Crippen LogP contribution is -2.33. The van der Waals surface area contributed by atoms with Crippen molar-refractivity contribution in [1.29, 1.82) is 0 Å². The summed E-state index contributed by atoms with van der Waals surface area (Å²) in [6.07, 6.45) is 2.03. The molecule has 0 radical (unpaired) electrons. The average Bonchev–Trinajstić information content (AvgIpc) is 3.03. The molecule has 20 heavy (non-hydrogen) atoms. The van der Waals surface area contributed by atoms with Crippen molar-refractivity contribution >= 4 is 5.91 Å². The van der Waals surface area contributed by atoms with Gasteiger partial charge in [-0.05, 0) is 36.8 Å². The number of nitrogens with zero attached hydrogens (tertiary/aromatic N) is 1. The number of alkyl halides is 2. The molecule has 2 rings (SSSR count). The number of halogens is 2. The molecule has 2 unspecified atom stereocenters. The average molecular weight is 286 g/mol. The van der Waals surface area contributed by atoms with Crippen molar-refractivity contribution in [3.63, 3.8) is 0 Å². The third-order valence-electron chi connectivity index (χ3n) is 3.97. The fourth-order valence-corrected chi connectivity index (χ4v) is 2.87. The Kier molecular flexibility index (Phi) is 5.11. The van der Waals surface area contributed by atoms with E-state index in [1.807, 2.05) is 0 Å². The summed E-state index contributed by atoms with van der Waals surface area (Å²) in [6.45, 7) is 0.157. The monoisotopic (exact) mass is 286 g/mol.